The molecule has 1 aliphatic rings. The van der Waals surface area contributed by atoms with E-state index in [0.717, 1.165) is 35.6 Å². The Morgan fingerprint density at radius 3 is 2.05 bits per heavy atom. The molecule has 0 saturated heterocycles. The Bertz CT molecular complexity index is 1400. The predicted octanol–water partition coefficient (Wildman–Crippen LogP) is 6.05. The molecule has 0 radical (unpaired) electrons. The highest BCUT2D eigenvalue weighted by Crippen LogP contribution is 2.26. The summed E-state index contributed by atoms with van der Waals surface area (Å²) in [5.74, 6) is -0.737. The molecular weight excluding hydrogens is 569 g/mol. The van der Waals surface area contributed by atoms with Gasteiger partial charge < -0.3 is 10.2 Å². The van der Waals surface area contributed by atoms with Crippen molar-refractivity contribution in [3.63, 3.8) is 0 Å². The third-order valence-electron chi connectivity index (χ3n) is 7.08. The van der Waals surface area contributed by atoms with Gasteiger partial charge >= 0.3 is 0 Å². The molecule has 4 rings (SSSR count). The first-order valence-electron chi connectivity index (χ1n) is 13.4. The summed E-state index contributed by atoms with van der Waals surface area (Å²) in [4.78, 5) is 29.1. The van der Waals surface area contributed by atoms with E-state index in [4.69, 9.17) is 23.2 Å². The summed E-state index contributed by atoms with van der Waals surface area (Å²) in [6, 6.07) is 20.5. The van der Waals surface area contributed by atoms with Crippen LogP contribution in [0.4, 0.5) is 5.69 Å². The molecule has 3 aromatic carbocycles. The van der Waals surface area contributed by atoms with Crippen molar-refractivity contribution in [1.82, 2.24) is 10.2 Å². The molecule has 1 N–H and O–H groups in total. The van der Waals surface area contributed by atoms with E-state index in [1.165, 1.54) is 17.0 Å². The lowest BCUT2D eigenvalue weighted by Crippen LogP contribution is -2.53. The van der Waals surface area contributed by atoms with E-state index < -0.39 is 28.5 Å². The van der Waals surface area contributed by atoms with Crippen LogP contribution in [0.2, 0.25) is 10.0 Å². The zero-order valence-electron chi connectivity index (χ0n) is 22.3. The number of carbonyl (C=O) groups is 2. The van der Waals surface area contributed by atoms with Crippen LogP contribution in [-0.2, 0) is 26.2 Å². The number of hydrogen-bond acceptors (Lipinski definition) is 4. The van der Waals surface area contributed by atoms with Gasteiger partial charge in [0, 0.05) is 22.6 Å². The smallest absolute Gasteiger partial charge is 0.264 e. The first-order valence-corrected chi connectivity index (χ1v) is 15.6. The number of sulfonamides is 1. The van der Waals surface area contributed by atoms with Crippen LogP contribution < -0.4 is 9.62 Å². The molecule has 0 aliphatic heterocycles. The van der Waals surface area contributed by atoms with Gasteiger partial charge in [0.15, 0.2) is 0 Å². The average Bonchev–Trinajstić information content (AvgIpc) is 3.46. The summed E-state index contributed by atoms with van der Waals surface area (Å²) in [5, 5.41) is 4.09. The molecule has 0 spiro atoms. The molecule has 1 aliphatic carbocycles. The molecule has 212 valence electrons. The van der Waals surface area contributed by atoms with Crippen LogP contribution in [0.25, 0.3) is 0 Å². The van der Waals surface area contributed by atoms with Gasteiger partial charge in [-0.3, -0.25) is 13.9 Å². The maximum Gasteiger partial charge on any atom is 0.264 e. The zero-order valence-corrected chi connectivity index (χ0v) is 24.6. The van der Waals surface area contributed by atoms with Gasteiger partial charge in [-0.1, -0.05) is 73.3 Å². The molecule has 0 aromatic heterocycles. The van der Waals surface area contributed by atoms with Crippen molar-refractivity contribution < 1.29 is 18.0 Å². The summed E-state index contributed by atoms with van der Waals surface area (Å²) in [5.41, 5.74) is 1.06. The second kappa shape index (κ2) is 13.5. The number of anilines is 1. The molecule has 1 saturated carbocycles. The Balaban J connectivity index is 1.69. The summed E-state index contributed by atoms with van der Waals surface area (Å²) in [6.45, 7) is 1.46. The van der Waals surface area contributed by atoms with Gasteiger partial charge in [0.05, 0.1) is 10.6 Å². The highest BCUT2D eigenvalue weighted by atomic mass is 35.5. The van der Waals surface area contributed by atoms with Gasteiger partial charge in [-0.05, 0) is 73.4 Å². The third kappa shape index (κ3) is 7.36. The van der Waals surface area contributed by atoms with E-state index in [1.807, 2.05) is 6.92 Å². The Morgan fingerprint density at radius 2 is 1.48 bits per heavy atom. The van der Waals surface area contributed by atoms with Crippen molar-refractivity contribution >= 4 is 50.7 Å². The molecule has 7 nitrogen and oxygen atoms in total. The van der Waals surface area contributed by atoms with E-state index in [0.29, 0.717) is 16.5 Å². The first kappa shape index (κ1) is 29.9. The fourth-order valence-corrected chi connectivity index (χ4v) is 6.62. The number of halogens is 2. The lowest BCUT2D eigenvalue weighted by Gasteiger charge is -2.33. The van der Waals surface area contributed by atoms with Crippen molar-refractivity contribution in [3.05, 3.63) is 94.5 Å². The zero-order chi connectivity index (χ0) is 28.7. The van der Waals surface area contributed by atoms with Crippen LogP contribution in [-0.4, -0.2) is 43.8 Å². The van der Waals surface area contributed by atoms with Crippen molar-refractivity contribution in [2.75, 3.05) is 10.8 Å². The lowest BCUT2D eigenvalue weighted by molar-refractivity contribution is -0.140. The first-order chi connectivity index (χ1) is 19.2. The number of benzene rings is 3. The minimum absolute atomic E-state index is 0.0491. The Labute approximate surface area is 246 Å². The maximum absolute atomic E-state index is 14.1. The molecule has 2 amide bonds. The molecule has 3 aromatic rings. The summed E-state index contributed by atoms with van der Waals surface area (Å²) < 4.78 is 28.7. The number of rotatable bonds is 11. The summed E-state index contributed by atoms with van der Waals surface area (Å²) in [7, 11) is -4.12. The molecular formula is C30H33Cl2N3O4S. The van der Waals surface area contributed by atoms with Gasteiger partial charge in [0.1, 0.15) is 12.6 Å². The number of nitrogens with one attached hydrogen (secondary N) is 1. The normalized spacial score (nSPS) is 14.5. The highest BCUT2D eigenvalue weighted by molar-refractivity contribution is 7.92. The van der Waals surface area contributed by atoms with Gasteiger partial charge in [-0.2, -0.15) is 0 Å². The molecule has 1 atom stereocenters. The minimum Gasteiger partial charge on any atom is -0.352 e. The van der Waals surface area contributed by atoms with E-state index >= 15 is 0 Å². The lowest BCUT2D eigenvalue weighted by atomic mass is 10.1. The van der Waals surface area contributed by atoms with Crippen LogP contribution in [0, 0.1) is 0 Å². The Kier molecular flexibility index (Phi) is 10.1. The molecule has 1 fully saturated rings. The van der Waals surface area contributed by atoms with E-state index in [2.05, 4.69) is 5.32 Å². The van der Waals surface area contributed by atoms with E-state index in [1.54, 1.807) is 66.7 Å². The minimum atomic E-state index is -4.12. The fourth-order valence-electron chi connectivity index (χ4n) is 4.93. The molecule has 0 heterocycles. The quantitative estimate of drug-likeness (QED) is 0.289. The fraction of sp³-hybridized carbons (Fsp3) is 0.333. The number of hydrogen-bond donors (Lipinski definition) is 1. The van der Waals surface area contributed by atoms with Gasteiger partial charge in [0.2, 0.25) is 11.8 Å². The van der Waals surface area contributed by atoms with Crippen LogP contribution in [0.3, 0.4) is 0 Å². The van der Waals surface area contributed by atoms with Crippen LogP contribution >= 0.6 is 23.2 Å². The number of nitrogens with zero attached hydrogens (tertiary/aromatic N) is 2. The topological polar surface area (TPSA) is 86.8 Å². The number of amides is 2. The second-order valence-electron chi connectivity index (χ2n) is 9.86. The van der Waals surface area contributed by atoms with Crippen LogP contribution in [0.15, 0.2) is 83.8 Å². The summed E-state index contributed by atoms with van der Waals surface area (Å²) >= 11 is 12.1. The van der Waals surface area contributed by atoms with Crippen LogP contribution in [0.1, 0.15) is 44.6 Å². The maximum atomic E-state index is 14.1. The average molecular weight is 603 g/mol. The molecule has 0 bridgehead atoms. The van der Waals surface area contributed by atoms with E-state index in [-0.39, 0.29) is 29.1 Å². The summed E-state index contributed by atoms with van der Waals surface area (Å²) in [6.07, 6.45) is 4.30. The largest absolute Gasteiger partial charge is 0.352 e. The van der Waals surface area contributed by atoms with Gasteiger partial charge in [0.25, 0.3) is 10.0 Å². The SMILES string of the molecule is CC[C@H](C(=O)NC1CCCC1)N(Cc1ccc(Cl)cc1)C(=O)CN(c1ccc(Cl)cc1)S(=O)(=O)c1ccccc1. The molecule has 10 heteroatoms. The van der Waals surface area contributed by atoms with Crippen molar-refractivity contribution in [2.24, 2.45) is 0 Å². The highest BCUT2D eigenvalue weighted by Gasteiger charge is 2.34. The monoisotopic (exact) mass is 601 g/mol. The molecule has 40 heavy (non-hydrogen) atoms. The van der Waals surface area contributed by atoms with Crippen molar-refractivity contribution in [1.29, 1.82) is 0 Å². The van der Waals surface area contributed by atoms with E-state index in [9.17, 15) is 18.0 Å². The van der Waals surface area contributed by atoms with Gasteiger partial charge in [-0.15, -0.1) is 0 Å². The number of carbonyl (C=O) groups excluding carboxylic acids is 2. The van der Waals surface area contributed by atoms with Crippen LogP contribution in [0.5, 0.6) is 0 Å². The third-order valence-corrected chi connectivity index (χ3v) is 9.37. The Hall–Kier alpha value is -3.07. The van der Waals surface area contributed by atoms with Gasteiger partial charge in [-0.25, -0.2) is 8.42 Å². The van der Waals surface area contributed by atoms with Crippen molar-refractivity contribution in [2.45, 2.75) is 62.6 Å². The van der Waals surface area contributed by atoms with Crippen molar-refractivity contribution in [3.8, 4) is 0 Å². The second-order valence-corrected chi connectivity index (χ2v) is 12.6. The molecule has 0 unspecified atom stereocenters. The standard InChI is InChI=1S/C30H33Cl2N3O4S/c1-2-28(30(37)33-25-8-6-7-9-25)34(20-22-12-14-23(31)15-13-22)29(36)21-35(26-18-16-24(32)17-19-26)40(38,39)27-10-4-3-5-11-27/h3-5,10-19,25,28H,2,6-9,20-21H2,1H3,(H,33,37)/t28-/m1/s1. The Morgan fingerprint density at radius 1 is 0.900 bits per heavy atom. The predicted molar refractivity (Wildman–Crippen MR) is 159 cm³/mol.